The van der Waals surface area contributed by atoms with Crippen LogP contribution < -0.4 is 5.43 Å². The van der Waals surface area contributed by atoms with Crippen LogP contribution in [0, 0.1) is 0 Å². The van der Waals surface area contributed by atoms with E-state index in [1.54, 1.807) is 36.9 Å². The van der Waals surface area contributed by atoms with Crippen molar-refractivity contribution in [3.8, 4) is 17.1 Å². The molecule has 0 atom stereocenters. The van der Waals surface area contributed by atoms with Gasteiger partial charge in [0.05, 0.1) is 12.0 Å². The molecule has 0 aliphatic heterocycles. The maximum Gasteiger partial charge on any atom is 0.250 e. The number of nitrogens with zero attached hydrogens (tertiary/aromatic N) is 5. The summed E-state index contributed by atoms with van der Waals surface area (Å²) in [5, 5.41) is 13.2. The largest absolute Gasteiger partial charge is 0.465 e. The molecule has 3 heterocycles. The van der Waals surface area contributed by atoms with Crippen molar-refractivity contribution in [2.45, 2.75) is 5.16 Å². The lowest BCUT2D eigenvalue weighted by Crippen LogP contribution is -2.19. The van der Waals surface area contributed by atoms with E-state index in [1.807, 2.05) is 47.0 Å². The fourth-order valence-corrected chi connectivity index (χ4v) is 3.72. The monoisotopic (exact) mass is 508 g/mol. The zero-order valence-corrected chi connectivity index (χ0v) is 19.0. The molecule has 0 bridgehead atoms. The van der Waals surface area contributed by atoms with Crippen LogP contribution >= 0.6 is 27.7 Å². The number of halogens is 1. The average Bonchev–Trinajstić information content (AvgIpc) is 3.49. The van der Waals surface area contributed by atoms with Crippen molar-refractivity contribution in [2.24, 2.45) is 5.10 Å². The highest BCUT2D eigenvalue weighted by molar-refractivity contribution is 9.10. The number of furan rings is 1. The number of rotatable bonds is 8. The molecule has 0 fully saturated rings. The molecule has 8 nitrogen and oxygen atoms in total. The minimum Gasteiger partial charge on any atom is -0.465 e. The molecule has 0 spiro atoms. The zero-order valence-electron chi connectivity index (χ0n) is 16.6. The van der Waals surface area contributed by atoms with Gasteiger partial charge in [-0.25, -0.2) is 5.43 Å². The van der Waals surface area contributed by atoms with E-state index in [0.717, 1.165) is 15.7 Å². The van der Waals surface area contributed by atoms with Gasteiger partial charge in [0, 0.05) is 34.3 Å². The summed E-state index contributed by atoms with van der Waals surface area (Å²) in [4.78, 5) is 16.3. The Labute approximate surface area is 196 Å². The smallest absolute Gasteiger partial charge is 0.250 e. The first-order valence-corrected chi connectivity index (χ1v) is 11.3. The summed E-state index contributed by atoms with van der Waals surface area (Å²) < 4.78 is 8.05. The summed E-state index contributed by atoms with van der Waals surface area (Å²) >= 11 is 4.73. The third-order valence-corrected chi connectivity index (χ3v) is 5.60. The van der Waals surface area contributed by atoms with E-state index >= 15 is 0 Å². The highest BCUT2D eigenvalue weighted by Gasteiger charge is 2.17. The third-order valence-electron chi connectivity index (χ3n) is 4.14. The highest BCUT2D eigenvalue weighted by Crippen LogP contribution is 2.28. The van der Waals surface area contributed by atoms with Crippen molar-refractivity contribution in [3.05, 3.63) is 83.5 Å². The van der Waals surface area contributed by atoms with Crippen LogP contribution in [0.2, 0.25) is 0 Å². The quantitative estimate of drug-likeness (QED) is 0.212. The molecule has 160 valence electrons. The number of allylic oxidation sites excluding steroid dienone is 1. The molecule has 1 N–H and O–H groups in total. The van der Waals surface area contributed by atoms with Crippen LogP contribution in [0.3, 0.4) is 0 Å². The molecule has 3 aromatic heterocycles. The summed E-state index contributed by atoms with van der Waals surface area (Å²) in [5.41, 5.74) is 4.25. The van der Waals surface area contributed by atoms with Crippen LogP contribution in [0.4, 0.5) is 0 Å². The Balaban J connectivity index is 1.45. The van der Waals surface area contributed by atoms with Gasteiger partial charge < -0.3 is 4.42 Å². The molecular formula is C22H17BrN6O2S. The van der Waals surface area contributed by atoms with Gasteiger partial charge in [0.15, 0.2) is 11.0 Å². The van der Waals surface area contributed by atoms with E-state index in [1.165, 1.54) is 18.0 Å². The number of hydrazone groups is 1. The van der Waals surface area contributed by atoms with Crippen molar-refractivity contribution in [1.29, 1.82) is 0 Å². The molecule has 4 aromatic rings. The Morgan fingerprint density at radius 1 is 1.16 bits per heavy atom. The maximum atomic E-state index is 12.2. The lowest BCUT2D eigenvalue weighted by Gasteiger charge is -2.10. The topological polar surface area (TPSA) is 98.2 Å². The number of aromatic nitrogens is 4. The maximum absolute atomic E-state index is 12.2. The van der Waals surface area contributed by atoms with Crippen LogP contribution in [0.15, 0.2) is 92.4 Å². The van der Waals surface area contributed by atoms with Crippen molar-refractivity contribution in [3.63, 3.8) is 0 Å². The average molecular weight is 509 g/mol. The minimum atomic E-state index is -0.256. The molecule has 10 heteroatoms. The Bertz CT molecular complexity index is 1220. The van der Waals surface area contributed by atoms with Crippen LogP contribution in [-0.2, 0) is 4.79 Å². The van der Waals surface area contributed by atoms with E-state index < -0.39 is 0 Å². The Morgan fingerprint density at radius 2 is 1.97 bits per heavy atom. The Kier molecular flexibility index (Phi) is 7.26. The second-order valence-electron chi connectivity index (χ2n) is 6.33. The SMILES string of the molecule is O=C(CSc1nnc(-c2ccncc2)n1-c1ccc(Br)cc1)NN=CC=Cc1ccco1. The molecular weight excluding hydrogens is 492 g/mol. The van der Waals surface area contributed by atoms with Crippen LogP contribution in [0.1, 0.15) is 5.76 Å². The molecule has 0 unspecified atom stereocenters. The zero-order chi connectivity index (χ0) is 22.2. The van der Waals surface area contributed by atoms with Gasteiger partial charge in [-0.05, 0) is 60.7 Å². The predicted octanol–water partition coefficient (Wildman–Crippen LogP) is 4.59. The second-order valence-corrected chi connectivity index (χ2v) is 8.19. The Morgan fingerprint density at radius 3 is 2.72 bits per heavy atom. The summed E-state index contributed by atoms with van der Waals surface area (Å²) in [6.07, 6.45) is 9.89. The third kappa shape index (κ3) is 5.59. The summed E-state index contributed by atoms with van der Waals surface area (Å²) in [7, 11) is 0. The van der Waals surface area contributed by atoms with Gasteiger partial charge >= 0.3 is 0 Å². The van der Waals surface area contributed by atoms with Crippen molar-refractivity contribution < 1.29 is 9.21 Å². The fourth-order valence-electron chi connectivity index (χ4n) is 2.71. The van der Waals surface area contributed by atoms with E-state index in [2.05, 4.69) is 41.6 Å². The van der Waals surface area contributed by atoms with Crippen molar-refractivity contribution in [1.82, 2.24) is 25.2 Å². The van der Waals surface area contributed by atoms with Crippen LogP contribution in [0.5, 0.6) is 0 Å². The standard InChI is InChI=1S/C22H17BrN6O2S/c23-17-5-7-18(8-6-17)29-21(16-9-12-24-13-10-16)27-28-22(29)32-15-20(30)26-25-11-1-3-19-4-2-14-31-19/h1-14H,15H2,(H,26,30). The van der Waals surface area contributed by atoms with E-state index in [0.29, 0.717) is 16.7 Å². The number of pyridine rings is 1. The van der Waals surface area contributed by atoms with Gasteiger partial charge in [0.2, 0.25) is 0 Å². The molecule has 4 rings (SSSR count). The summed E-state index contributed by atoms with van der Waals surface area (Å²) in [5.74, 6) is 1.24. The van der Waals surface area contributed by atoms with Gasteiger partial charge in [-0.15, -0.1) is 10.2 Å². The fraction of sp³-hybridized carbons (Fsp3) is 0.0455. The number of benzene rings is 1. The number of carbonyl (C=O) groups is 1. The van der Waals surface area contributed by atoms with E-state index in [9.17, 15) is 4.79 Å². The summed E-state index contributed by atoms with van der Waals surface area (Å²) in [6, 6.07) is 15.1. The minimum absolute atomic E-state index is 0.129. The van der Waals surface area contributed by atoms with Gasteiger partial charge in [-0.3, -0.25) is 14.3 Å². The molecule has 0 saturated heterocycles. The number of carbonyl (C=O) groups excluding carboxylic acids is 1. The van der Waals surface area contributed by atoms with Gasteiger partial charge in [-0.2, -0.15) is 5.10 Å². The molecule has 1 amide bonds. The molecule has 0 radical (unpaired) electrons. The normalized spacial score (nSPS) is 11.4. The molecule has 0 aliphatic rings. The van der Waals surface area contributed by atoms with Gasteiger partial charge in [0.25, 0.3) is 5.91 Å². The molecule has 32 heavy (non-hydrogen) atoms. The van der Waals surface area contributed by atoms with Gasteiger partial charge in [0.1, 0.15) is 5.76 Å². The second kappa shape index (κ2) is 10.7. The Hall–Kier alpha value is -3.50. The van der Waals surface area contributed by atoms with Crippen LogP contribution in [0.25, 0.3) is 23.2 Å². The number of hydrogen-bond donors (Lipinski definition) is 1. The lowest BCUT2D eigenvalue weighted by molar-refractivity contribution is -0.118. The van der Waals surface area contributed by atoms with Crippen LogP contribution in [-0.4, -0.2) is 37.6 Å². The molecule has 0 saturated carbocycles. The van der Waals surface area contributed by atoms with Gasteiger partial charge in [-0.1, -0.05) is 27.7 Å². The molecule has 0 aliphatic carbocycles. The van der Waals surface area contributed by atoms with E-state index in [-0.39, 0.29) is 11.7 Å². The highest BCUT2D eigenvalue weighted by atomic mass is 79.9. The van der Waals surface area contributed by atoms with E-state index in [4.69, 9.17) is 4.42 Å². The van der Waals surface area contributed by atoms with Crippen molar-refractivity contribution >= 4 is 45.9 Å². The summed E-state index contributed by atoms with van der Waals surface area (Å²) in [6.45, 7) is 0. The number of nitrogens with one attached hydrogen (secondary N) is 1. The number of hydrogen-bond acceptors (Lipinski definition) is 7. The first kappa shape index (κ1) is 21.7. The lowest BCUT2D eigenvalue weighted by atomic mass is 10.2. The predicted molar refractivity (Wildman–Crippen MR) is 127 cm³/mol. The molecule has 1 aromatic carbocycles. The first-order valence-electron chi connectivity index (χ1n) is 9.47. The number of amides is 1. The van der Waals surface area contributed by atoms with Crippen molar-refractivity contribution in [2.75, 3.05) is 5.75 Å². The number of thioether (sulfide) groups is 1. The first-order chi connectivity index (χ1) is 15.7.